The molecular formula is C26H37N3O4S. The zero-order valence-corrected chi connectivity index (χ0v) is 21.2. The van der Waals surface area contributed by atoms with Crippen LogP contribution in [0.2, 0.25) is 0 Å². The summed E-state index contributed by atoms with van der Waals surface area (Å²) in [6.07, 6.45) is 2.07. The van der Waals surface area contributed by atoms with E-state index in [9.17, 15) is 13.2 Å². The first-order valence-electron chi connectivity index (χ1n) is 12.1. The number of ether oxygens (including phenoxy) is 1. The van der Waals surface area contributed by atoms with Crippen molar-refractivity contribution >= 4 is 15.9 Å². The SMILES string of the molecule is CCC(CC)C(CNC(=O)c1cc(S(=O)(=O)NCc2ccccc2)ccc1C)N1CCOCC1. The molecule has 0 aliphatic carbocycles. The van der Waals surface area contributed by atoms with Gasteiger partial charge in [-0.15, -0.1) is 0 Å². The molecule has 2 aromatic rings. The van der Waals surface area contributed by atoms with Crippen LogP contribution in [0.15, 0.2) is 53.4 Å². The highest BCUT2D eigenvalue weighted by Crippen LogP contribution is 2.21. The number of sulfonamides is 1. The van der Waals surface area contributed by atoms with E-state index in [0.29, 0.717) is 31.2 Å². The summed E-state index contributed by atoms with van der Waals surface area (Å²) in [5.41, 5.74) is 1.99. The second-order valence-electron chi connectivity index (χ2n) is 8.79. The van der Waals surface area contributed by atoms with Gasteiger partial charge in [-0.25, -0.2) is 13.1 Å². The lowest BCUT2D eigenvalue weighted by Gasteiger charge is -2.38. The lowest BCUT2D eigenvalue weighted by Crippen LogP contribution is -2.52. The molecule has 8 heteroatoms. The number of hydrogen-bond acceptors (Lipinski definition) is 5. The van der Waals surface area contributed by atoms with Gasteiger partial charge < -0.3 is 10.1 Å². The second kappa shape index (κ2) is 12.4. The van der Waals surface area contributed by atoms with Gasteiger partial charge in [0.25, 0.3) is 5.91 Å². The van der Waals surface area contributed by atoms with E-state index in [1.54, 1.807) is 12.1 Å². The Labute approximate surface area is 203 Å². The molecule has 0 bridgehead atoms. The first kappa shape index (κ1) is 26.3. The van der Waals surface area contributed by atoms with Crippen molar-refractivity contribution in [2.24, 2.45) is 5.92 Å². The minimum atomic E-state index is -3.75. The van der Waals surface area contributed by atoms with Crippen LogP contribution in [0.1, 0.15) is 48.2 Å². The quantitative estimate of drug-likeness (QED) is 0.508. The molecule has 186 valence electrons. The zero-order chi connectivity index (χ0) is 24.6. The molecule has 7 nitrogen and oxygen atoms in total. The van der Waals surface area contributed by atoms with Gasteiger partial charge >= 0.3 is 0 Å². The van der Waals surface area contributed by atoms with Crippen molar-refractivity contribution in [1.82, 2.24) is 14.9 Å². The van der Waals surface area contributed by atoms with Crippen LogP contribution in [0.25, 0.3) is 0 Å². The molecule has 0 radical (unpaired) electrons. The van der Waals surface area contributed by atoms with Crippen LogP contribution in [-0.2, 0) is 21.3 Å². The Kier molecular flexibility index (Phi) is 9.64. The molecule has 34 heavy (non-hydrogen) atoms. The monoisotopic (exact) mass is 487 g/mol. The van der Waals surface area contributed by atoms with Crippen molar-refractivity contribution in [3.8, 4) is 0 Å². The molecule has 3 rings (SSSR count). The van der Waals surface area contributed by atoms with Crippen molar-refractivity contribution in [2.45, 2.75) is 51.1 Å². The van der Waals surface area contributed by atoms with E-state index in [1.807, 2.05) is 37.3 Å². The van der Waals surface area contributed by atoms with Crippen LogP contribution in [0.3, 0.4) is 0 Å². The number of amides is 1. The Balaban J connectivity index is 1.71. The summed E-state index contributed by atoms with van der Waals surface area (Å²) in [6, 6.07) is 14.3. The van der Waals surface area contributed by atoms with Gasteiger partial charge in [-0.05, 0) is 36.1 Å². The van der Waals surface area contributed by atoms with Gasteiger partial charge in [0.05, 0.1) is 18.1 Å². The topological polar surface area (TPSA) is 87.7 Å². The van der Waals surface area contributed by atoms with Gasteiger partial charge in [0.2, 0.25) is 10.0 Å². The van der Waals surface area contributed by atoms with Gasteiger partial charge in [-0.1, -0.05) is 63.1 Å². The number of morpholine rings is 1. The summed E-state index contributed by atoms with van der Waals surface area (Å²) in [5.74, 6) is 0.218. The minimum Gasteiger partial charge on any atom is -0.379 e. The zero-order valence-electron chi connectivity index (χ0n) is 20.4. The van der Waals surface area contributed by atoms with E-state index >= 15 is 0 Å². The number of rotatable bonds is 11. The van der Waals surface area contributed by atoms with E-state index in [4.69, 9.17) is 4.74 Å². The highest BCUT2D eigenvalue weighted by atomic mass is 32.2. The van der Waals surface area contributed by atoms with Crippen molar-refractivity contribution in [3.63, 3.8) is 0 Å². The maximum atomic E-state index is 13.1. The Morgan fingerprint density at radius 1 is 1.06 bits per heavy atom. The number of nitrogens with one attached hydrogen (secondary N) is 2. The molecule has 1 aliphatic heterocycles. The molecule has 1 saturated heterocycles. The molecule has 0 aromatic heterocycles. The average molecular weight is 488 g/mol. The smallest absolute Gasteiger partial charge is 0.251 e. The van der Waals surface area contributed by atoms with E-state index in [2.05, 4.69) is 28.8 Å². The fraction of sp³-hybridized carbons (Fsp3) is 0.500. The lowest BCUT2D eigenvalue weighted by atomic mass is 9.92. The Morgan fingerprint density at radius 2 is 1.74 bits per heavy atom. The number of carbonyl (C=O) groups excluding carboxylic acids is 1. The van der Waals surface area contributed by atoms with E-state index in [1.165, 1.54) is 6.07 Å². The number of nitrogens with zero attached hydrogens (tertiary/aromatic N) is 1. The molecule has 1 heterocycles. The summed E-state index contributed by atoms with van der Waals surface area (Å²) in [7, 11) is -3.75. The third-order valence-corrected chi connectivity index (χ3v) is 8.05. The number of benzene rings is 2. The molecule has 1 fully saturated rings. The average Bonchev–Trinajstić information content (AvgIpc) is 2.86. The highest BCUT2D eigenvalue weighted by Gasteiger charge is 2.28. The maximum Gasteiger partial charge on any atom is 0.251 e. The van der Waals surface area contributed by atoms with Crippen molar-refractivity contribution < 1.29 is 17.9 Å². The summed E-state index contributed by atoms with van der Waals surface area (Å²) < 4.78 is 33.9. The van der Waals surface area contributed by atoms with Crippen LogP contribution < -0.4 is 10.0 Å². The predicted molar refractivity (Wildman–Crippen MR) is 134 cm³/mol. The predicted octanol–water partition coefficient (Wildman–Crippen LogP) is 3.34. The first-order chi connectivity index (χ1) is 16.4. The molecule has 0 spiro atoms. The third kappa shape index (κ3) is 6.88. The van der Waals surface area contributed by atoms with Crippen LogP contribution in [-0.4, -0.2) is 58.1 Å². The lowest BCUT2D eigenvalue weighted by molar-refractivity contribution is 0.00191. The van der Waals surface area contributed by atoms with Gasteiger partial charge in [0.15, 0.2) is 0 Å². The number of hydrogen-bond donors (Lipinski definition) is 2. The van der Waals surface area contributed by atoms with Crippen molar-refractivity contribution in [3.05, 3.63) is 65.2 Å². The first-order valence-corrected chi connectivity index (χ1v) is 13.6. The van der Waals surface area contributed by atoms with E-state index in [-0.39, 0.29) is 23.4 Å². The van der Waals surface area contributed by atoms with Crippen LogP contribution >= 0.6 is 0 Å². The summed E-state index contributed by atoms with van der Waals surface area (Å²) in [6.45, 7) is 10.0. The molecule has 1 unspecified atom stereocenters. The fourth-order valence-electron chi connectivity index (χ4n) is 4.50. The van der Waals surface area contributed by atoms with Crippen LogP contribution in [0.5, 0.6) is 0 Å². The van der Waals surface area contributed by atoms with Crippen molar-refractivity contribution in [1.29, 1.82) is 0 Å². The van der Waals surface area contributed by atoms with E-state index in [0.717, 1.165) is 37.1 Å². The number of carbonyl (C=O) groups is 1. The largest absolute Gasteiger partial charge is 0.379 e. The Hall–Kier alpha value is -2.26. The molecule has 1 atom stereocenters. The molecule has 2 N–H and O–H groups in total. The molecule has 1 amide bonds. The van der Waals surface area contributed by atoms with Gasteiger partial charge in [0, 0.05) is 37.8 Å². The molecule has 0 saturated carbocycles. The van der Waals surface area contributed by atoms with Gasteiger partial charge in [-0.3, -0.25) is 9.69 Å². The van der Waals surface area contributed by atoms with Crippen LogP contribution in [0.4, 0.5) is 0 Å². The maximum absolute atomic E-state index is 13.1. The normalized spacial score (nSPS) is 15.9. The summed E-state index contributed by atoms with van der Waals surface area (Å²) in [4.78, 5) is 15.6. The number of aryl methyl sites for hydroxylation is 1. The Bertz CT molecular complexity index is 1030. The highest BCUT2D eigenvalue weighted by molar-refractivity contribution is 7.89. The molecule has 2 aromatic carbocycles. The fourth-order valence-corrected chi connectivity index (χ4v) is 5.54. The van der Waals surface area contributed by atoms with Crippen molar-refractivity contribution in [2.75, 3.05) is 32.8 Å². The second-order valence-corrected chi connectivity index (χ2v) is 10.6. The minimum absolute atomic E-state index is 0.0869. The summed E-state index contributed by atoms with van der Waals surface area (Å²) >= 11 is 0. The van der Waals surface area contributed by atoms with Gasteiger partial charge in [0.1, 0.15) is 0 Å². The van der Waals surface area contributed by atoms with Gasteiger partial charge in [-0.2, -0.15) is 0 Å². The third-order valence-electron chi connectivity index (χ3n) is 6.65. The molecule has 1 aliphatic rings. The van der Waals surface area contributed by atoms with Crippen LogP contribution in [0, 0.1) is 12.8 Å². The summed E-state index contributed by atoms with van der Waals surface area (Å²) in [5, 5.41) is 3.09. The molecular weight excluding hydrogens is 450 g/mol. The standard InChI is InChI=1S/C26H37N3O4S/c1-4-22(5-2)25(29-13-15-33-16-14-29)19-27-26(30)24-17-23(12-11-20(24)3)34(31,32)28-18-21-9-7-6-8-10-21/h6-12,17,22,25,28H,4-5,13-16,18-19H2,1-3H3,(H,27,30). The Morgan fingerprint density at radius 3 is 2.38 bits per heavy atom. The van der Waals surface area contributed by atoms with E-state index < -0.39 is 10.0 Å².